The molecule has 3 heterocycles. The van der Waals surface area contributed by atoms with Gasteiger partial charge in [0.25, 0.3) is 5.91 Å². The summed E-state index contributed by atoms with van der Waals surface area (Å²) in [6.45, 7) is 4.20. The summed E-state index contributed by atoms with van der Waals surface area (Å²) in [5, 5.41) is 0. The highest BCUT2D eigenvalue weighted by molar-refractivity contribution is 5.94. The van der Waals surface area contributed by atoms with E-state index in [1.165, 1.54) is 0 Å². The molecule has 0 bridgehead atoms. The van der Waals surface area contributed by atoms with E-state index in [9.17, 15) is 9.59 Å². The van der Waals surface area contributed by atoms with Crippen molar-refractivity contribution in [3.63, 3.8) is 0 Å². The number of carbonyl (C=O) groups is 1. The van der Waals surface area contributed by atoms with Gasteiger partial charge in [0.1, 0.15) is 5.75 Å². The number of pyridine rings is 1. The summed E-state index contributed by atoms with van der Waals surface area (Å²) in [6, 6.07) is 10.7. The maximum atomic E-state index is 12.8. The quantitative estimate of drug-likeness (QED) is 0.655. The molecule has 1 aliphatic heterocycles. The second-order valence-electron chi connectivity index (χ2n) is 7.06. The van der Waals surface area contributed by atoms with Crippen LogP contribution in [0.4, 0.5) is 0 Å². The van der Waals surface area contributed by atoms with Crippen LogP contribution >= 0.6 is 0 Å². The van der Waals surface area contributed by atoms with Crippen molar-refractivity contribution in [2.75, 3.05) is 39.8 Å². The lowest BCUT2D eigenvalue weighted by molar-refractivity contribution is 0.0761. The molecule has 0 unspecified atom stereocenters. The van der Waals surface area contributed by atoms with Gasteiger partial charge in [0.2, 0.25) is 0 Å². The van der Waals surface area contributed by atoms with Crippen molar-refractivity contribution >= 4 is 17.1 Å². The Morgan fingerprint density at radius 2 is 2.03 bits per heavy atom. The first-order chi connectivity index (χ1) is 14.2. The maximum Gasteiger partial charge on any atom is 0.421 e. The van der Waals surface area contributed by atoms with E-state index in [4.69, 9.17) is 9.15 Å². The third-order valence-electron chi connectivity index (χ3n) is 5.26. The topological polar surface area (TPSA) is 80.8 Å². The average Bonchev–Trinajstić information content (AvgIpc) is 2.91. The van der Waals surface area contributed by atoms with Crippen molar-refractivity contribution in [3.8, 4) is 5.75 Å². The van der Waals surface area contributed by atoms with Crippen LogP contribution in [-0.4, -0.2) is 65.1 Å². The van der Waals surface area contributed by atoms with E-state index in [0.29, 0.717) is 48.7 Å². The first-order valence-electron chi connectivity index (χ1n) is 9.76. The number of amides is 1. The Balaban J connectivity index is 1.38. The number of oxazole rings is 1. The number of nitrogens with zero attached hydrogens (tertiary/aromatic N) is 4. The molecule has 3 aromatic rings. The Morgan fingerprint density at radius 3 is 2.90 bits per heavy atom. The van der Waals surface area contributed by atoms with Crippen LogP contribution in [0.25, 0.3) is 11.2 Å². The molecule has 1 aromatic carbocycles. The van der Waals surface area contributed by atoms with Gasteiger partial charge < -0.3 is 14.1 Å². The molecule has 8 nitrogen and oxygen atoms in total. The highest BCUT2D eigenvalue weighted by Crippen LogP contribution is 2.16. The Kier molecular flexibility index (Phi) is 5.62. The summed E-state index contributed by atoms with van der Waals surface area (Å²) in [4.78, 5) is 33.4. The number of carbonyl (C=O) groups excluding carboxylic acids is 1. The molecule has 1 saturated heterocycles. The molecule has 0 saturated carbocycles. The van der Waals surface area contributed by atoms with Gasteiger partial charge in [-0.15, -0.1) is 0 Å². The van der Waals surface area contributed by atoms with Gasteiger partial charge in [-0.1, -0.05) is 6.07 Å². The van der Waals surface area contributed by atoms with Crippen molar-refractivity contribution in [1.82, 2.24) is 19.4 Å². The number of hydrogen-bond donors (Lipinski definition) is 0. The van der Waals surface area contributed by atoms with Crippen LogP contribution in [0.15, 0.2) is 51.8 Å². The molecule has 1 aliphatic rings. The first kappa shape index (κ1) is 19.2. The lowest BCUT2D eigenvalue weighted by Crippen LogP contribution is -2.36. The molecule has 4 rings (SSSR count). The minimum Gasteiger partial charge on any atom is -0.497 e. The maximum absolute atomic E-state index is 12.8. The number of fused-ring (bicyclic) bond motifs is 1. The predicted octanol–water partition coefficient (Wildman–Crippen LogP) is 1.85. The molecule has 2 aromatic heterocycles. The summed E-state index contributed by atoms with van der Waals surface area (Å²) in [5.74, 6) is 0.314. The molecule has 152 valence electrons. The SMILES string of the molecule is COc1cccc(C(=O)N2CCCN(CCn3c(=O)oc4cccnc43)CC2)c1. The van der Waals surface area contributed by atoms with Crippen LogP contribution < -0.4 is 10.5 Å². The Hall–Kier alpha value is -3.13. The number of rotatable bonds is 5. The molecule has 8 heteroatoms. The summed E-state index contributed by atoms with van der Waals surface area (Å²) >= 11 is 0. The van der Waals surface area contributed by atoms with E-state index in [1.54, 1.807) is 36.1 Å². The minimum atomic E-state index is -0.386. The third kappa shape index (κ3) is 4.17. The summed E-state index contributed by atoms with van der Waals surface area (Å²) in [7, 11) is 1.59. The highest BCUT2D eigenvalue weighted by atomic mass is 16.5. The van der Waals surface area contributed by atoms with Crippen molar-refractivity contribution in [2.24, 2.45) is 0 Å². The number of hydrogen-bond acceptors (Lipinski definition) is 6. The van der Waals surface area contributed by atoms with Gasteiger partial charge in [0.15, 0.2) is 11.2 Å². The van der Waals surface area contributed by atoms with Gasteiger partial charge in [0.05, 0.1) is 7.11 Å². The van der Waals surface area contributed by atoms with E-state index in [1.807, 2.05) is 23.1 Å². The third-order valence-corrected chi connectivity index (χ3v) is 5.26. The van der Waals surface area contributed by atoms with E-state index in [-0.39, 0.29) is 11.7 Å². The summed E-state index contributed by atoms with van der Waals surface area (Å²) in [6.07, 6.45) is 2.54. The smallest absolute Gasteiger partial charge is 0.421 e. The van der Waals surface area contributed by atoms with E-state index in [2.05, 4.69) is 9.88 Å². The molecule has 29 heavy (non-hydrogen) atoms. The van der Waals surface area contributed by atoms with Gasteiger partial charge >= 0.3 is 5.76 Å². The largest absolute Gasteiger partial charge is 0.497 e. The van der Waals surface area contributed by atoms with Crippen LogP contribution in [0.5, 0.6) is 5.75 Å². The zero-order valence-corrected chi connectivity index (χ0v) is 16.4. The summed E-state index contributed by atoms with van der Waals surface area (Å²) in [5.41, 5.74) is 1.71. The number of ether oxygens (including phenoxy) is 1. The van der Waals surface area contributed by atoms with Crippen molar-refractivity contribution in [1.29, 1.82) is 0 Å². The van der Waals surface area contributed by atoms with Crippen molar-refractivity contribution in [2.45, 2.75) is 13.0 Å². The molecule has 0 radical (unpaired) electrons. The van der Waals surface area contributed by atoms with Gasteiger partial charge in [-0.3, -0.25) is 14.3 Å². The van der Waals surface area contributed by atoms with Crippen LogP contribution in [0.3, 0.4) is 0 Å². The monoisotopic (exact) mass is 396 g/mol. The van der Waals surface area contributed by atoms with Crippen molar-refractivity contribution in [3.05, 3.63) is 58.7 Å². The number of benzene rings is 1. The second kappa shape index (κ2) is 8.48. The predicted molar refractivity (Wildman–Crippen MR) is 108 cm³/mol. The van der Waals surface area contributed by atoms with Gasteiger partial charge in [-0.05, 0) is 43.3 Å². The van der Waals surface area contributed by atoms with Crippen LogP contribution in [0.2, 0.25) is 0 Å². The van der Waals surface area contributed by atoms with E-state index in [0.717, 1.165) is 19.5 Å². The lowest BCUT2D eigenvalue weighted by atomic mass is 10.2. The Morgan fingerprint density at radius 1 is 1.14 bits per heavy atom. The van der Waals surface area contributed by atoms with Gasteiger partial charge in [-0.25, -0.2) is 9.78 Å². The van der Waals surface area contributed by atoms with E-state index < -0.39 is 0 Å². The van der Waals surface area contributed by atoms with Crippen LogP contribution in [0, 0.1) is 0 Å². The van der Waals surface area contributed by atoms with Crippen LogP contribution in [-0.2, 0) is 6.54 Å². The van der Waals surface area contributed by atoms with Crippen LogP contribution in [0.1, 0.15) is 16.8 Å². The molecule has 0 N–H and O–H groups in total. The Labute approximate surface area is 168 Å². The highest BCUT2D eigenvalue weighted by Gasteiger charge is 2.21. The zero-order valence-electron chi connectivity index (χ0n) is 16.4. The Bertz CT molecular complexity index is 1060. The standard InChI is InChI=1S/C21H24N4O4/c1-28-17-6-2-5-16(15-17)20(26)24-10-4-9-23(11-13-24)12-14-25-19-18(29-21(25)27)7-3-8-22-19/h2-3,5-8,15H,4,9-14H2,1H3. The normalized spacial score (nSPS) is 15.4. The fourth-order valence-corrected chi connectivity index (χ4v) is 3.68. The molecule has 1 fully saturated rings. The minimum absolute atomic E-state index is 0.0204. The lowest BCUT2D eigenvalue weighted by Gasteiger charge is -2.22. The van der Waals surface area contributed by atoms with Gasteiger partial charge in [-0.2, -0.15) is 0 Å². The number of methoxy groups -OCH3 is 1. The molecular weight excluding hydrogens is 372 g/mol. The fraction of sp³-hybridized carbons (Fsp3) is 0.381. The average molecular weight is 396 g/mol. The van der Waals surface area contributed by atoms with Crippen molar-refractivity contribution < 1.29 is 13.9 Å². The molecule has 0 atom stereocenters. The van der Waals surface area contributed by atoms with Gasteiger partial charge in [0, 0.05) is 44.5 Å². The number of aromatic nitrogens is 2. The zero-order chi connectivity index (χ0) is 20.2. The molecule has 0 aliphatic carbocycles. The molecular formula is C21H24N4O4. The fourth-order valence-electron chi connectivity index (χ4n) is 3.68. The molecule has 0 spiro atoms. The summed E-state index contributed by atoms with van der Waals surface area (Å²) < 4.78 is 12.0. The molecule has 1 amide bonds. The van der Waals surface area contributed by atoms with E-state index >= 15 is 0 Å². The first-order valence-corrected chi connectivity index (χ1v) is 9.76. The second-order valence-corrected chi connectivity index (χ2v) is 7.06.